The standard InChI is InChI=1S/C32H47NO3/c1-19-9-12-28(4)15-16-31(7)22(26(28)20(19)2)17-23(35)27-29(5)13-11-25(36-21(3)34)30(6,18-33)24(29)10-14-32(27,31)8/h17,19-20,24-27H,9-16H2,1-8H3/t19-,20+,24?,25?,26?,27?,28-,29+,30-,31-,32-/m1/s1. The minimum atomic E-state index is -0.774. The lowest BCUT2D eigenvalue weighted by atomic mass is 9.33. The Labute approximate surface area is 218 Å². The van der Waals surface area contributed by atoms with Crippen molar-refractivity contribution >= 4 is 11.8 Å². The number of carbonyl (C=O) groups excluding carboxylic acids is 2. The zero-order valence-electron chi connectivity index (χ0n) is 23.9. The van der Waals surface area contributed by atoms with Gasteiger partial charge >= 0.3 is 5.97 Å². The molecular weight excluding hydrogens is 446 g/mol. The Bertz CT molecular complexity index is 1060. The van der Waals surface area contributed by atoms with Crippen LogP contribution in [-0.2, 0) is 14.3 Å². The lowest BCUT2D eigenvalue weighted by Crippen LogP contribution is -2.67. The SMILES string of the molecule is CC(=O)OC1CC[C@@]2(C)C(CC[C@]3(C)C2C(=O)C=C2C4[C@@H](C)[C@H](C)CC[C@]4(C)CC[C@]23C)[C@@]1(C)C#N. The van der Waals surface area contributed by atoms with Gasteiger partial charge in [-0.3, -0.25) is 9.59 Å². The van der Waals surface area contributed by atoms with Gasteiger partial charge in [0, 0.05) is 12.8 Å². The van der Waals surface area contributed by atoms with Crippen LogP contribution < -0.4 is 0 Å². The number of rotatable bonds is 1. The van der Waals surface area contributed by atoms with Crippen molar-refractivity contribution in [1.82, 2.24) is 0 Å². The molecule has 0 N–H and O–H groups in total. The van der Waals surface area contributed by atoms with Crippen molar-refractivity contribution in [2.75, 3.05) is 0 Å². The molecule has 5 aliphatic rings. The fourth-order valence-electron chi connectivity index (χ4n) is 10.9. The van der Waals surface area contributed by atoms with Crippen molar-refractivity contribution in [3.63, 3.8) is 0 Å². The molecule has 4 fully saturated rings. The van der Waals surface area contributed by atoms with Crippen molar-refractivity contribution in [3.05, 3.63) is 11.6 Å². The third kappa shape index (κ3) is 3.10. The molecule has 5 aliphatic carbocycles. The van der Waals surface area contributed by atoms with E-state index in [1.165, 1.54) is 31.8 Å². The average Bonchev–Trinajstić information content (AvgIpc) is 2.80. The molecule has 0 aliphatic heterocycles. The van der Waals surface area contributed by atoms with Crippen LogP contribution in [0, 0.1) is 68.0 Å². The molecule has 0 spiro atoms. The van der Waals surface area contributed by atoms with E-state index in [0.29, 0.717) is 35.4 Å². The fraction of sp³-hybridized carbons (Fsp3) is 0.844. The molecule has 36 heavy (non-hydrogen) atoms. The van der Waals surface area contributed by atoms with Crippen LogP contribution in [0.15, 0.2) is 11.6 Å². The fourth-order valence-corrected chi connectivity index (χ4v) is 10.9. The maximum Gasteiger partial charge on any atom is 0.302 e. The Morgan fingerprint density at radius 3 is 2.33 bits per heavy atom. The molecule has 4 heteroatoms. The Morgan fingerprint density at radius 1 is 1.00 bits per heavy atom. The normalized spacial score (nSPS) is 54.1. The maximum absolute atomic E-state index is 14.4. The molecule has 198 valence electrons. The van der Waals surface area contributed by atoms with Crippen LogP contribution in [0.5, 0.6) is 0 Å². The van der Waals surface area contributed by atoms with Crippen molar-refractivity contribution in [2.45, 2.75) is 113 Å². The summed E-state index contributed by atoms with van der Waals surface area (Å²) < 4.78 is 5.72. The van der Waals surface area contributed by atoms with E-state index in [0.717, 1.165) is 25.7 Å². The zero-order chi connectivity index (χ0) is 26.5. The van der Waals surface area contributed by atoms with Crippen LogP contribution in [0.4, 0.5) is 0 Å². The van der Waals surface area contributed by atoms with E-state index in [1.54, 1.807) is 0 Å². The molecule has 4 saturated carbocycles. The zero-order valence-corrected chi connectivity index (χ0v) is 23.9. The number of nitrogens with zero attached hydrogens (tertiary/aromatic N) is 1. The Morgan fingerprint density at radius 2 is 1.69 bits per heavy atom. The molecule has 0 aromatic carbocycles. The molecule has 4 unspecified atom stereocenters. The van der Waals surface area contributed by atoms with Crippen molar-refractivity contribution in [2.24, 2.45) is 56.7 Å². The van der Waals surface area contributed by atoms with Gasteiger partial charge in [0.1, 0.15) is 6.10 Å². The van der Waals surface area contributed by atoms with Crippen LogP contribution in [0.1, 0.15) is 107 Å². The number of hydrogen-bond donors (Lipinski definition) is 0. The lowest BCUT2D eigenvalue weighted by molar-refractivity contribution is -0.203. The van der Waals surface area contributed by atoms with Gasteiger partial charge in [0.15, 0.2) is 5.78 Å². The predicted octanol–water partition coefficient (Wildman–Crippen LogP) is 7.28. The van der Waals surface area contributed by atoms with E-state index in [4.69, 9.17) is 4.74 Å². The number of ether oxygens (including phenoxy) is 1. The molecule has 0 aromatic rings. The molecule has 0 saturated heterocycles. The van der Waals surface area contributed by atoms with Gasteiger partial charge < -0.3 is 4.74 Å². The summed E-state index contributed by atoms with van der Waals surface area (Å²) in [6.45, 7) is 18.0. The highest BCUT2D eigenvalue weighted by Gasteiger charge is 2.71. The molecule has 0 radical (unpaired) electrons. The van der Waals surface area contributed by atoms with Crippen LogP contribution >= 0.6 is 0 Å². The van der Waals surface area contributed by atoms with Crippen LogP contribution in [0.3, 0.4) is 0 Å². The van der Waals surface area contributed by atoms with Gasteiger partial charge in [0.2, 0.25) is 0 Å². The molecule has 11 atom stereocenters. The molecule has 5 rings (SSSR count). The van der Waals surface area contributed by atoms with Gasteiger partial charge in [-0.25, -0.2) is 0 Å². The second-order valence-corrected chi connectivity index (χ2v) is 14.8. The highest BCUT2D eigenvalue weighted by atomic mass is 16.5. The summed E-state index contributed by atoms with van der Waals surface area (Å²) in [6.07, 6.45) is 10.0. The number of esters is 1. The van der Waals surface area contributed by atoms with Gasteiger partial charge in [-0.05, 0) is 110 Å². The topological polar surface area (TPSA) is 67.2 Å². The van der Waals surface area contributed by atoms with Crippen molar-refractivity contribution in [1.29, 1.82) is 5.26 Å². The first-order valence-corrected chi connectivity index (χ1v) is 14.5. The number of ketones is 1. The monoisotopic (exact) mass is 493 g/mol. The summed E-state index contributed by atoms with van der Waals surface area (Å²) in [4.78, 5) is 26.3. The summed E-state index contributed by atoms with van der Waals surface area (Å²) in [5.74, 6) is 1.69. The second kappa shape index (κ2) is 7.94. The lowest BCUT2D eigenvalue weighted by Gasteiger charge is -2.70. The van der Waals surface area contributed by atoms with Crippen molar-refractivity contribution < 1.29 is 14.3 Å². The summed E-state index contributed by atoms with van der Waals surface area (Å²) in [7, 11) is 0. The van der Waals surface area contributed by atoms with Crippen molar-refractivity contribution in [3.8, 4) is 6.07 Å². The number of carbonyl (C=O) groups is 2. The van der Waals surface area contributed by atoms with E-state index in [9.17, 15) is 14.9 Å². The highest BCUT2D eigenvalue weighted by Crippen LogP contribution is 2.75. The van der Waals surface area contributed by atoms with Gasteiger partial charge in [-0.2, -0.15) is 5.26 Å². The number of hydrogen-bond acceptors (Lipinski definition) is 4. The maximum atomic E-state index is 14.4. The molecule has 4 nitrogen and oxygen atoms in total. The quantitative estimate of drug-likeness (QED) is 0.360. The summed E-state index contributed by atoms with van der Waals surface area (Å²) >= 11 is 0. The molecule has 0 aromatic heterocycles. The summed E-state index contributed by atoms with van der Waals surface area (Å²) in [6, 6.07) is 2.60. The number of nitriles is 1. The minimum absolute atomic E-state index is 0.00479. The third-order valence-corrected chi connectivity index (χ3v) is 13.3. The first-order chi connectivity index (χ1) is 16.7. The largest absolute Gasteiger partial charge is 0.461 e. The minimum Gasteiger partial charge on any atom is -0.461 e. The van der Waals surface area contributed by atoms with Gasteiger partial charge in [-0.1, -0.05) is 47.1 Å². The van der Waals surface area contributed by atoms with E-state index in [1.807, 2.05) is 6.92 Å². The molecule has 0 bridgehead atoms. The van der Waals surface area contributed by atoms with Gasteiger partial charge in [0.25, 0.3) is 0 Å². The summed E-state index contributed by atoms with van der Waals surface area (Å²) in [5.41, 5.74) is 0.587. The van der Waals surface area contributed by atoms with E-state index < -0.39 is 11.5 Å². The first-order valence-electron chi connectivity index (χ1n) is 14.5. The Hall–Kier alpha value is -1.63. The van der Waals surface area contributed by atoms with Gasteiger partial charge in [0.05, 0.1) is 11.5 Å². The predicted molar refractivity (Wildman–Crippen MR) is 141 cm³/mol. The number of fused-ring (bicyclic) bond motifs is 7. The number of allylic oxidation sites excluding steroid dienone is 2. The van der Waals surface area contributed by atoms with Crippen LogP contribution in [0.25, 0.3) is 0 Å². The van der Waals surface area contributed by atoms with E-state index in [2.05, 4.69) is 53.7 Å². The van der Waals surface area contributed by atoms with Crippen LogP contribution in [-0.4, -0.2) is 17.9 Å². The smallest absolute Gasteiger partial charge is 0.302 e. The molecule has 0 heterocycles. The summed E-state index contributed by atoms with van der Waals surface area (Å²) in [5, 5.41) is 10.4. The highest BCUT2D eigenvalue weighted by molar-refractivity contribution is 5.95. The first kappa shape index (κ1) is 26.0. The van der Waals surface area contributed by atoms with E-state index in [-0.39, 0.29) is 34.1 Å². The molecule has 0 amide bonds. The van der Waals surface area contributed by atoms with Crippen LogP contribution in [0.2, 0.25) is 0 Å². The third-order valence-electron chi connectivity index (χ3n) is 13.3. The second-order valence-electron chi connectivity index (χ2n) is 14.8. The van der Waals surface area contributed by atoms with E-state index >= 15 is 0 Å². The van der Waals surface area contributed by atoms with Gasteiger partial charge in [-0.15, -0.1) is 0 Å². The Kier molecular flexibility index (Phi) is 5.73. The average molecular weight is 494 g/mol. The Balaban J connectivity index is 1.61. The molecular formula is C32H47NO3.